The van der Waals surface area contributed by atoms with Crippen LogP contribution in [0.4, 0.5) is 0 Å². The number of hydrogen-bond donors (Lipinski definition) is 0. The molecule has 0 aromatic heterocycles. The molecule has 0 spiro atoms. The molecule has 0 saturated heterocycles. The quantitative estimate of drug-likeness (QED) is 0.553. The first kappa shape index (κ1) is 15.8. The number of hydrogen-bond acceptors (Lipinski definition) is 0. The van der Waals surface area contributed by atoms with Crippen LogP contribution in [0.25, 0.3) is 17.2 Å². The largest absolute Gasteiger partial charge is 0.0854 e. The van der Waals surface area contributed by atoms with Crippen LogP contribution in [0.1, 0.15) is 37.3 Å². The molecule has 2 aromatic rings. The van der Waals surface area contributed by atoms with E-state index in [0.717, 1.165) is 18.3 Å². The standard InChI is InChI=1S/C23H26/c1-18-6-10-20(11-7-18)4-3-5-21-12-16-23(17-13-21)22-14-8-19(2)9-15-22/h3,5-6,8-10,12-18,20H,4,7,11H2,1-2H3/b5-3-. The van der Waals surface area contributed by atoms with Gasteiger partial charge in [-0.3, -0.25) is 0 Å². The second-order valence-corrected chi connectivity index (χ2v) is 6.83. The van der Waals surface area contributed by atoms with Crippen molar-refractivity contribution in [3.63, 3.8) is 0 Å². The molecule has 0 heterocycles. The average Bonchev–Trinajstić information content (AvgIpc) is 2.58. The highest BCUT2D eigenvalue weighted by Gasteiger charge is 2.10. The minimum absolute atomic E-state index is 0.731. The van der Waals surface area contributed by atoms with Crippen LogP contribution < -0.4 is 0 Å². The maximum atomic E-state index is 2.40. The minimum atomic E-state index is 0.731. The molecule has 2 atom stereocenters. The second kappa shape index (κ2) is 7.46. The molecule has 0 bridgehead atoms. The van der Waals surface area contributed by atoms with E-state index in [2.05, 4.69) is 86.7 Å². The highest BCUT2D eigenvalue weighted by Crippen LogP contribution is 2.25. The predicted molar refractivity (Wildman–Crippen MR) is 101 cm³/mol. The van der Waals surface area contributed by atoms with Gasteiger partial charge in [-0.05, 0) is 54.7 Å². The van der Waals surface area contributed by atoms with Crippen LogP contribution in [0.2, 0.25) is 0 Å². The van der Waals surface area contributed by atoms with E-state index in [1.807, 2.05) is 0 Å². The zero-order valence-corrected chi connectivity index (χ0v) is 14.2. The van der Waals surface area contributed by atoms with E-state index in [1.165, 1.54) is 35.1 Å². The van der Waals surface area contributed by atoms with Crippen LogP contribution in [-0.4, -0.2) is 0 Å². The van der Waals surface area contributed by atoms with E-state index in [9.17, 15) is 0 Å². The predicted octanol–water partition coefficient (Wildman–Crippen LogP) is 6.67. The molecule has 0 heteroatoms. The summed E-state index contributed by atoms with van der Waals surface area (Å²) in [6.07, 6.45) is 13.2. The summed E-state index contributed by atoms with van der Waals surface area (Å²) in [4.78, 5) is 0. The molecule has 0 aliphatic heterocycles. The molecule has 0 saturated carbocycles. The summed E-state index contributed by atoms with van der Waals surface area (Å²) < 4.78 is 0. The molecule has 23 heavy (non-hydrogen) atoms. The van der Waals surface area contributed by atoms with Crippen LogP contribution in [0.5, 0.6) is 0 Å². The molecule has 0 nitrogen and oxygen atoms in total. The highest BCUT2D eigenvalue weighted by molar-refractivity contribution is 5.65. The van der Waals surface area contributed by atoms with Crippen molar-refractivity contribution in [3.05, 3.63) is 77.9 Å². The number of rotatable bonds is 4. The summed E-state index contributed by atoms with van der Waals surface area (Å²) >= 11 is 0. The molecule has 0 fully saturated rings. The first-order chi connectivity index (χ1) is 11.2. The first-order valence-corrected chi connectivity index (χ1v) is 8.73. The zero-order valence-electron chi connectivity index (χ0n) is 14.2. The van der Waals surface area contributed by atoms with Crippen molar-refractivity contribution in [2.24, 2.45) is 11.8 Å². The second-order valence-electron chi connectivity index (χ2n) is 6.83. The minimum Gasteiger partial charge on any atom is -0.0854 e. The van der Waals surface area contributed by atoms with Gasteiger partial charge in [-0.2, -0.15) is 0 Å². The van der Waals surface area contributed by atoms with Crippen LogP contribution in [-0.2, 0) is 0 Å². The Morgan fingerprint density at radius 1 is 0.870 bits per heavy atom. The monoisotopic (exact) mass is 302 g/mol. The van der Waals surface area contributed by atoms with Crippen LogP contribution in [0.15, 0.2) is 66.8 Å². The van der Waals surface area contributed by atoms with Crippen molar-refractivity contribution in [1.29, 1.82) is 0 Å². The fourth-order valence-corrected chi connectivity index (χ4v) is 3.12. The van der Waals surface area contributed by atoms with Gasteiger partial charge >= 0.3 is 0 Å². The molecule has 1 aliphatic rings. The number of benzene rings is 2. The maximum Gasteiger partial charge on any atom is -0.0184 e. The van der Waals surface area contributed by atoms with Gasteiger partial charge in [-0.15, -0.1) is 0 Å². The molecule has 2 aromatic carbocycles. The summed E-state index contributed by atoms with van der Waals surface area (Å²) in [5, 5.41) is 0. The van der Waals surface area contributed by atoms with Gasteiger partial charge in [0, 0.05) is 0 Å². The molecule has 0 amide bonds. The van der Waals surface area contributed by atoms with Gasteiger partial charge in [-0.25, -0.2) is 0 Å². The van der Waals surface area contributed by atoms with E-state index >= 15 is 0 Å². The van der Waals surface area contributed by atoms with Crippen molar-refractivity contribution >= 4 is 6.08 Å². The Hall–Kier alpha value is -2.08. The topological polar surface area (TPSA) is 0 Å². The lowest BCUT2D eigenvalue weighted by molar-refractivity contribution is 0.480. The summed E-state index contributed by atoms with van der Waals surface area (Å²) in [6, 6.07) is 17.6. The van der Waals surface area contributed by atoms with Crippen molar-refractivity contribution < 1.29 is 0 Å². The maximum absolute atomic E-state index is 2.40. The fraction of sp³-hybridized carbons (Fsp3) is 0.304. The third-order valence-electron chi connectivity index (χ3n) is 4.75. The highest BCUT2D eigenvalue weighted by atomic mass is 14.2. The van der Waals surface area contributed by atoms with Gasteiger partial charge in [0.1, 0.15) is 0 Å². The molecule has 0 N–H and O–H groups in total. The van der Waals surface area contributed by atoms with Gasteiger partial charge in [0.25, 0.3) is 0 Å². The van der Waals surface area contributed by atoms with E-state index in [4.69, 9.17) is 0 Å². The number of allylic oxidation sites excluding steroid dienone is 3. The Bertz CT molecular complexity index is 671. The molecule has 1 aliphatic carbocycles. The van der Waals surface area contributed by atoms with E-state index in [1.54, 1.807) is 0 Å². The lowest BCUT2D eigenvalue weighted by atomic mass is 9.87. The molecule has 2 unspecified atom stereocenters. The number of aryl methyl sites for hydroxylation is 1. The molecule has 3 rings (SSSR count). The van der Waals surface area contributed by atoms with Crippen LogP contribution >= 0.6 is 0 Å². The fourth-order valence-electron chi connectivity index (χ4n) is 3.12. The molecule has 0 radical (unpaired) electrons. The Balaban J connectivity index is 1.60. The van der Waals surface area contributed by atoms with E-state index in [-0.39, 0.29) is 0 Å². The average molecular weight is 302 g/mol. The lowest BCUT2D eigenvalue weighted by Crippen LogP contribution is -2.04. The molecular weight excluding hydrogens is 276 g/mol. The third kappa shape index (κ3) is 4.45. The van der Waals surface area contributed by atoms with Crippen molar-refractivity contribution in [2.45, 2.75) is 33.1 Å². The molecule has 118 valence electrons. The van der Waals surface area contributed by atoms with Crippen LogP contribution in [0, 0.1) is 18.8 Å². The van der Waals surface area contributed by atoms with E-state index < -0.39 is 0 Å². The van der Waals surface area contributed by atoms with Gasteiger partial charge in [0.2, 0.25) is 0 Å². The van der Waals surface area contributed by atoms with Gasteiger partial charge in [-0.1, -0.05) is 85.3 Å². The first-order valence-electron chi connectivity index (χ1n) is 8.73. The van der Waals surface area contributed by atoms with Crippen molar-refractivity contribution in [1.82, 2.24) is 0 Å². The van der Waals surface area contributed by atoms with Gasteiger partial charge in [0.05, 0.1) is 0 Å². The molecular formula is C23H26. The van der Waals surface area contributed by atoms with Gasteiger partial charge in [0.15, 0.2) is 0 Å². The smallest absolute Gasteiger partial charge is 0.0184 e. The summed E-state index contributed by atoms with van der Waals surface area (Å²) in [5.74, 6) is 1.50. The van der Waals surface area contributed by atoms with Crippen molar-refractivity contribution in [2.75, 3.05) is 0 Å². The van der Waals surface area contributed by atoms with Crippen LogP contribution in [0.3, 0.4) is 0 Å². The SMILES string of the molecule is Cc1ccc(-c2ccc(/C=C\CC3C=CC(C)CC3)cc2)cc1. The summed E-state index contributed by atoms with van der Waals surface area (Å²) in [7, 11) is 0. The van der Waals surface area contributed by atoms with Gasteiger partial charge < -0.3 is 0 Å². The Kier molecular flexibility index (Phi) is 5.12. The third-order valence-corrected chi connectivity index (χ3v) is 4.75. The normalized spacial score (nSPS) is 21.0. The Labute approximate surface area is 140 Å². The van der Waals surface area contributed by atoms with E-state index in [0.29, 0.717) is 0 Å². The Morgan fingerprint density at radius 2 is 1.52 bits per heavy atom. The lowest BCUT2D eigenvalue weighted by Gasteiger charge is -2.18. The van der Waals surface area contributed by atoms with Crippen molar-refractivity contribution in [3.8, 4) is 11.1 Å². The zero-order chi connectivity index (χ0) is 16.1. The Morgan fingerprint density at radius 3 is 2.13 bits per heavy atom. The summed E-state index contributed by atoms with van der Waals surface area (Å²) in [5.41, 5.74) is 5.16. The summed E-state index contributed by atoms with van der Waals surface area (Å²) in [6.45, 7) is 4.43.